The highest BCUT2D eigenvalue weighted by Crippen LogP contribution is 2.37. The number of fused-ring (bicyclic) bond motifs is 1. The number of hydrogen-bond donors (Lipinski definition) is 1. The van der Waals surface area contributed by atoms with Crippen LogP contribution in [0.1, 0.15) is 54.2 Å². The minimum absolute atomic E-state index is 0.0944. The summed E-state index contributed by atoms with van der Waals surface area (Å²) in [6.07, 6.45) is 3.19. The Morgan fingerprint density at radius 2 is 2.04 bits per heavy atom. The average Bonchev–Trinajstić information content (AvgIpc) is 2.93. The predicted octanol–water partition coefficient (Wildman–Crippen LogP) is 2.51. The Labute approximate surface area is 153 Å². The normalized spacial score (nSPS) is 18.3. The average molecular weight is 379 g/mol. The second-order valence-electron chi connectivity index (χ2n) is 6.94. The van der Waals surface area contributed by atoms with Gasteiger partial charge < -0.3 is 5.11 Å². The van der Waals surface area contributed by atoms with Crippen LogP contribution < -0.4 is 0 Å². The second-order valence-corrected chi connectivity index (χ2v) is 9.19. The number of aromatic carboxylic acids is 1. The molecule has 142 valence electrons. The van der Waals surface area contributed by atoms with E-state index < -0.39 is 16.0 Å². The number of carbonyl (C=O) groups is 1. The largest absolute Gasteiger partial charge is 0.478 e. The summed E-state index contributed by atoms with van der Waals surface area (Å²) in [4.78, 5) is 11.7. The van der Waals surface area contributed by atoms with E-state index in [0.29, 0.717) is 30.1 Å². The Kier molecular flexibility index (Phi) is 5.07. The molecular weight excluding hydrogens is 354 g/mol. The third kappa shape index (κ3) is 3.12. The van der Waals surface area contributed by atoms with Crippen molar-refractivity contribution in [1.82, 2.24) is 13.9 Å². The van der Waals surface area contributed by atoms with Crippen molar-refractivity contribution in [2.75, 3.05) is 18.8 Å². The van der Waals surface area contributed by atoms with E-state index in [4.69, 9.17) is 0 Å². The lowest BCUT2D eigenvalue weighted by Gasteiger charge is -2.34. The summed E-state index contributed by atoms with van der Waals surface area (Å²) in [6.45, 7) is 6.63. The molecule has 1 atom stereocenters. The molecule has 0 amide bonds. The van der Waals surface area contributed by atoms with E-state index in [-0.39, 0.29) is 11.7 Å². The van der Waals surface area contributed by atoms with Crippen molar-refractivity contribution < 1.29 is 18.3 Å². The van der Waals surface area contributed by atoms with Crippen molar-refractivity contribution >= 4 is 21.5 Å². The Hall–Kier alpha value is -1.93. The zero-order valence-corrected chi connectivity index (χ0v) is 16.2. The first-order chi connectivity index (χ1) is 12.3. The predicted molar refractivity (Wildman–Crippen MR) is 99.1 cm³/mol. The van der Waals surface area contributed by atoms with Gasteiger partial charge in [0.25, 0.3) is 0 Å². The summed E-state index contributed by atoms with van der Waals surface area (Å²) in [5, 5.41) is 14.0. The Balaban J connectivity index is 1.91. The van der Waals surface area contributed by atoms with Gasteiger partial charge in [-0.25, -0.2) is 22.0 Å². The van der Waals surface area contributed by atoms with Crippen LogP contribution in [0.4, 0.5) is 0 Å². The van der Waals surface area contributed by atoms with Crippen LogP contribution in [0.15, 0.2) is 18.3 Å². The molecular formula is C18H25N3O4S. The lowest BCUT2D eigenvalue weighted by Crippen LogP contribution is -2.40. The molecule has 2 aromatic rings. The molecule has 0 aromatic carbocycles. The van der Waals surface area contributed by atoms with Crippen molar-refractivity contribution in [1.29, 1.82) is 0 Å². The maximum Gasteiger partial charge on any atom is 0.338 e. The van der Waals surface area contributed by atoms with E-state index in [1.165, 1.54) is 0 Å². The summed E-state index contributed by atoms with van der Waals surface area (Å²) < 4.78 is 27.4. The van der Waals surface area contributed by atoms with Crippen molar-refractivity contribution in [2.24, 2.45) is 5.92 Å². The lowest BCUT2D eigenvalue weighted by atomic mass is 9.83. The first-order valence-corrected chi connectivity index (χ1v) is 10.6. The highest BCUT2D eigenvalue weighted by Gasteiger charge is 2.33. The molecule has 0 spiro atoms. The van der Waals surface area contributed by atoms with Crippen molar-refractivity contribution in [3.63, 3.8) is 0 Å². The Morgan fingerprint density at radius 1 is 1.38 bits per heavy atom. The van der Waals surface area contributed by atoms with Crippen LogP contribution in [0.5, 0.6) is 0 Å². The van der Waals surface area contributed by atoms with Gasteiger partial charge >= 0.3 is 5.97 Å². The second kappa shape index (κ2) is 7.00. The van der Waals surface area contributed by atoms with Crippen LogP contribution in [-0.2, 0) is 10.0 Å². The van der Waals surface area contributed by atoms with Gasteiger partial charge in [0.2, 0.25) is 10.0 Å². The summed E-state index contributed by atoms with van der Waals surface area (Å²) in [6, 6.07) is 3.51. The monoisotopic (exact) mass is 379 g/mol. The molecule has 0 radical (unpaired) electrons. The quantitative estimate of drug-likeness (QED) is 0.862. The van der Waals surface area contributed by atoms with Gasteiger partial charge in [-0.15, -0.1) is 0 Å². The third-order valence-electron chi connectivity index (χ3n) is 5.60. The summed E-state index contributed by atoms with van der Waals surface area (Å²) in [7, 11) is -3.15. The number of carboxylic acids is 1. The molecule has 1 aliphatic rings. The first kappa shape index (κ1) is 18.8. The number of sulfonamides is 1. The van der Waals surface area contributed by atoms with E-state index in [9.17, 15) is 18.3 Å². The molecule has 1 saturated heterocycles. The standard InChI is InChI=1S/C18H25N3O4S/c1-4-26(24,25)20-10-7-14(8-11-20)12(2)17-13(3)16(18(22)23)15-6-5-9-19-21(15)17/h5-6,9,12,14H,4,7-8,10-11H2,1-3H3,(H,22,23). The van der Waals surface area contributed by atoms with E-state index >= 15 is 0 Å². The molecule has 1 aliphatic heterocycles. The van der Waals surface area contributed by atoms with Crippen LogP contribution >= 0.6 is 0 Å². The minimum Gasteiger partial charge on any atom is -0.478 e. The van der Waals surface area contributed by atoms with Crippen LogP contribution in [0.3, 0.4) is 0 Å². The minimum atomic E-state index is -3.15. The summed E-state index contributed by atoms with van der Waals surface area (Å²) in [5.41, 5.74) is 2.55. The van der Waals surface area contributed by atoms with Gasteiger partial charge in [0.15, 0.2) is 0 Å². The third-order valence-corrected chi connectivity index (χ3v) is 7.48. The number of carboxylic acid groups (broad SMARTS) is 1. The van der Waals surface area contributed by atoms with E-state index in [0.717, 1.165) is 24.1 Å². The van der Waals surface area contributed by atoms with Gasteiger partial charge in [0.05, 0.1) is 16.8 Å². The molecule has 0 saturated carbocycles. The number of nitrogens with zero attached hydrogens (tertiary/aromatic N) is 3. The molecule has 2 aromatic heterocycles. The Bertz CT molecular complexity index is 927. The van der Waals surface area contributed by atoms with Gasteiger partial charge in [-0.3, -0.25) is 0 Å². The lowest BCUT2D eigenvalue weighted by molar-refractivity contribution is 0.0698. The van der Waals surface area contributed by atoms with Crippen LogP contribution in [-0.4, -0.2) is 52.3 Å². The van der Waals surface area contributed by atoms with Crippen molar-refractivity contribution in [3.05, 3.63) is 35.2 Å². The van der Waals surface area contributed by atoms with Gasteiger partial charge in [0.1, 0.15) is 0 Å². The fourth-order valence-corrected chi connectivity index (χ4v) is 5.23. The van der Waals surface area contributed by atoms with Gasteiger partial charge in [-0.05, 0) is 50.3 Å². The Morgan fingerprint density at radius 3 is 2.62 bits per heavy atom. The fourth-order valence-electron chi connectivity index (χ4n) is 4.10. The highest BCUT2D eigenvalue weighted by atomic mass is 32.2. The maximum absolute atomic E-state index is 12.1. The van der Waals surface area contributed by atoms with Crippen molar-refractivity contribution in [2.45, 2.75) is 39.5 Å². The molecule has 1 fully saturated rings. The molecule has 3 rings (SSSR count). The maximum atomic E-state index is 12.1. The van der Waals surface area contributed by atoms with Crippen LogP contribution in [0, 0.1) is 12.8 Å². The molecule has 0 bridgehead atoms. The van der Waals surface area contributed by atoms with Gasteiger partial charge in [-0.2, -0.15) is 5.10 Å². The number of piperidine rings is 1. The zero-order chi connectivity index (χ0) is 19.1. The molecule has 1 unspecified atom stereocenters. The number of hydrogen-bond acceptors (Lipinski definition) is 4. The highest BCUT2D eigenvalue weighted by molar-refractivity contribution is 7.89. The molecule has 3 heterocycles. The molecule has 0 aliphatic carbocycles. The number of rotatable bonds is 5. The van der Waals surface area contributed by atoms with E-state index in [1.807, 2.05) is 6.92 Å². The molecule has 7 nitrogen and oxygen atoms in total. The fraction of sp³-hybridized carbons (Fsp3) is 0.556. The smallest absolute Gasteiger partial charge is 0.338 e. The van der Waals surface area contributed by atoms with E-state index in [1.54, 1.807) is 34.1 Å². The van der Waals surface area contributed by atoms with Gasteiger partial charge in [0, 0.05) is 30.9 Å². The molecule has 26 heavy (non-hydrogen) atoms. The number of aromatic nitrogens is 2. The summed E-state index contributed by atoms with van der Waals surface area (Å²) >= 11 is 0. The van der Waals surface area contributed by atoms with Gasteiger partial charge in [-0.1, -0.05) is 6.92 Å². The molecule has 1 N–H and O–H groups in total. The first-order valence-electron chi connectivity index (χ1n) is 8.95. The van der Waals surface area contributed by atoms with Crippen LogP contribution in [0.25, 0.3) is 5.52 Å². The summed E-state index contributed by atoms with van der Waals surface area (Å²) in [5.74, 6) is -0.437. The van der Waals surface area contributed by atoms with Crippen LogP contribution in [0.2, 0.25) is 0 Å². The van der Waals surface area contributed by atoms with E-state index in [2.05, 4.69) is 12.0 Å². The SMILES string of the molecule is CCS(=O)(=O)N1CCC(C(C)c2c(C)c(C(=O)O)c3cccnn23)CC1. The molecule has 8 heteroatoms. The van der Waals surface area contributed by atoms with Crippen molar-refractivity contribution in [3.8, 4) is 0 Å². The topological polar surface area (TPSA) is 92.0 Å². The zero-order valence-electron chi connectivity index (χ0n) is 15.3.